The molecular weight excluding hydrogens is 438 g/mol. The molecule has 3 aromatic carbocycles. The smallest absolute Gasteiger partial charge is 0.274 e. The second-order valence-corrected chi connectivity index (χ2v) is 7.76. The highest BCUT2D eigenvalue weighted by Crippen LogP contribution is 2.24. The van der Waals surface area contributed by atoms with E-state index in [4.69, 9.17) is 5.21 Å². The number of nitrogens with one attached hydrogen (secondary N) is 2. The van der Waals surface area contributed by atoms with E-state index in [9.17, 15) is 9.59 Å². The van der Waals surface area contributed by atoms with E-state index < -0.39 is 5.91 Å². The van der Waals surface area contributed by atoms with E-state index in [0.29, 0.717) is 12.1 Å². The molecule has 0 aliphatic heterocycles. The number of hydrogen-bond acceptors (Lipinski definition) is 4. The van der Waals surface area contributed by atoms with Gasteiger partial charge < -0.3 is 10.2 Å². The summed E-state index contributed by atoms with van der Waals surface area (Å²) in [5.74, 6) is -0.825. The molecule has 0 saturated carbocycles. The first kappa shape index (κ1) is 26.3. The maximum atomic E-state index is 12.6. The maximum Gasteiger partial charge on any atom is 0.274 e. The van der Waals surface area contributed by atoms with Crippen molar-refractivity contribution in [3.63, 3.8) is 0 Å². The Labute approximate surface area is 201 Å². The Balaban J connectivity index is 0.00000385. The summed E-state index contributed by atoms with van der Waals surface area (Å²) >= 11 is 0. The molecule has 3 aromatic rings. The summed E-state index contributed by atoms with van der Waals surface area (Å²) in [5, 5.41) is 14.1. The standard InChI is InChI=1S/C26H31N3O3.ClH/c1-3-29(4-2)17-7-8-19-11-16-22(24-10-6-5-9-23(19)24)18-27-25(30)20-12-14-21(15-13-20)26(31)28-32;/h5-6,9-16,32H,3-4,7-8,17-18H2,1-2H3,(H,27,30)(H,28,31);1H. The van der Waals surface area contributed by atoms with Crippen molar-refractivity contribution in [2.75, 3.05) is 19.6 Å². The van der Waals surface area contributed by atoms with Gasteiger partial charge in [0.05, 0.1) is 0 Å². The van der Waals surface area contributed by atoms with Crippen LogP contribution in [0.3, 0.4) is 0 Å². The Hall–Kier alpha value is -2.93. The Kier molecular flexibility index (Phi) is 10.3. The van der Waals surface area contributed by atoms with Crippen LogP contribution in [0.25, 0.3) is 10.8 Å². The van der Waals surface area contributed by atoms with Gasteiger partial charge in [-0.3, -0.25) is 14.8 Å². The summed E-state index contributed by atoms with van der Waals surface area (Å²) in [5.41, 5.74) is 4.72. The Morgan fingerprint density at radius 2 is 1.36 bits per heavy atom. The van der Waals surface area contributed by atoms with Gasteiger partial charge in [0.2, 0.25) is 0 Å². The van der Waals surface area contributed by atoms with Gasteiger partial charge in [-0.2, -0.15) is 0 Å². The minimum Gasteiger partial charge on any atom is -0.348 e. The monoisotopic (exact) mass is 469 g/mol. The van der Waals surface area contributed by atoms with Crippen molar-refractivity contribution in [3.8, 4) is 0 Å². The van der Waals surface area contributed by atoms with E-state index in [1.54, 1.807) is 17.6 Å². The van der Waals surface area contributed by atoms with Crippen molar-refractivity contribution in [1.29, 1.82) is 0 Å². The van der Waals surface area contributed by atoms with Crippen LogP contribution < -0.4 is 10.8 Å². The number of halogens is 1. The fraction of sp³-hybridized carbons (Fsp3) is 0.308. The number of hydroxylamine groups is 1. The lowest BCUT2D eigenvalue weighted by molar-refractivity contribution is 0.0706. The fourth-order valence-electron chi connectivity index (χ4n) is 3.94. The van der Waals surface area contributed by atoms with Gasteiger partial charge in [0.15, 0.2) is 0 Å². The molecule has 6 nitrogen and oxygen atoms in total. The summed E-state index contributed by atoms with van der Waals surface area (Å²) in [7, 11) is 0. The predicted molar refractivity (Wildman–Crippen MR) is 134 cm³/mol. The lowest BCUT2D eigenvalue weighted by Gasteiger charge is -2.18. The molecule has 176 valence electrons. The lowest BCUT2D eigenvalue weighted by Crippen LogP contribution is -2.24. The normalized spacial score (nSPS) is 10.7. The van der Waals surface area contributed by atoms with E-state index in [-0.39, 0.29) is 23.9 Å². The summed E-state index contributed by atoms with van der Waals surface area (Å²) in [6.07, 6.45) is 2.14. The van der Waals surface area contributed by atoms with Crippen LogP contribution >= 0.6 is 12.4 Å². The second kappa shape index (κ2) is 12.9. The van der Waals surface area contributed by atoms with E-state index in [1.165, 1.54) is 23.1 Å². The number of amides is 2. The molecule has 2 amide bonds. The molecule has 0 atom stereocenters. The average molecular weight is 470 g/mol. The third kappa shape index (κ3) is 6.78. The molecule has 0 saturated heterocycles. The SMILES string of the molecule is CCN(CC)CCCc1ccc(CNC(=O)c2ccc(C(=O)NO)cc2)c2ccccc12.Cl. The van der Waals surface area contributed by atoms with Gasteiger partial charge >= 0.3 is 0 Å². The molecule has 7 heteroatoms. The zero-order valence-electron chi connectivity index (χ0n) is 19.1. The predicted octanol–water partition coefficient (Wildman–Crippen LogP) is 4.59. The zero-order valence-corrected chi connectivity index (χ0v) is 20.0. The van der Waals surface area contributed by atoms with E-state index in [1.807, 2.05) is 6.07 Å². The molecule has 0 bridgehead atoms. The van der Waals surface area contributed by atoms with Gasteiger partial charge in [-0.05, 0) is 78.6 Å². The minimum atomic E-state index is -0.611. The number of hydrogen-bond donors (Lipinski definition) is 3. The number of fused-ring (bicyclic) bond motifs is 1. The number of carbonyl (C=O) groups excluding carboxylic acids is 2. The molecule has 0 unspecified atom stereocenters. The maximum absolute atomic E-state index is 12.6. The van der Waals surface area contributed by atoms with Crippen LogP contribution in [0.1, 0.15) is 52.1 Å². The van der Waals surface area contributed by atoms with Crippen molar-refractivity contribution >= 4 is 35.0 Å². The highest BCUT2D eigenvalue weighted by molar-refractivity contribution is 5.97. The summed E-state index contributed by atoms with van der Waals surface area (Å²) in [6, 6.07) is 18.8. The summed E-state index contributed by atoms with van der Waals surface area (Å²) in [6.45, 7) is 8.06. The van der Waals surface area contributed by atoms with Gasteiger partial charge in [0, 0.05) is 17.7 Å². The molecule has 3 rings (SSSR count). The largest absolute Gasteiger partial charge is 0.348 e. The zero-order chi connectivity index (χ0) is 22.9. The minimum absolute atomic E-state index is 0. The Morgan fingerprint density at radius 1 is 0.818 bits per heavy atom. The highest BCUT2D eigenvalue weighted by atomic mass is 35.5. The Morgan fingerprint density at radius 3 is 1.94 bits per heavy atom. The van der Waals surface area contributed by atoms with E-state index >= 15 is 0 Å². The number of rotatable bonds is 10. The second-order valence-electron chi connectivity index (χ2n) is 7.76. The molecule has 0 fully saturated rings. The molecule has 0 heterocycles. The van der Waals surface area contributed by atoms with Crippen LogP contribution in [0.4, 0.5) is 0 Å². The molecule has 0 aliphatic rings. The average Bonchev–Trinajstić information content (AvgIpc) is 2.85. The van der Waals surface area contributed by atoms with Crippen molar-refractivity contribution in [1.82, 2.24) is 15.7 Å². The van der Waals surface area contributed by atoms with Crippen LogP contribution in [0, 0.1) is 0 Å². The first-order chi connectivity index (χ1) is 15.6. The van der Waals surface area contributed by atoms with E-state index in [2.05, 4.69) is 54.4 Å². The van der Waals surface area contributed by atoms with Gasteiger partial charge in [0.1, 0.15) is 0 Å². The van der Waals surface area contributed by atoms with Crippen LogP contribution in [-0.2, 0) is 13.0 Å². The van der Waals surface area contributed by atoms with Crippen molar-refractivity contribution in [3.05, 3.63) is 82.9 Å². The van der Waals surface area contributed by atoms with Gasteiger partial charge in [-0.25, -0.2) is 5.48 Å². The first-order valence-corrected chi connectivity index (χ1v) is 11.1. The molecule has 0 spiro atoms. The molecule has 33 heavy (non-hydrogen) atoms. The van der Waals surface area contributed by atoms with Crippen LogP contribution in [0.15, 0.2) is 60.7 Å². The molecule has 0 aliphatic carbocycles. The van der Waals surface area contributed by atoms with E-state index in [0.717, 1.165) is 43.4 Å². The summed E-state index contributed by atoms with van der Waals surface area (Å²) in [4.78, 5) is 26.4. The van der Waals surface area contributed by atoms with Crippen LogP contribution in [-0.4, -0.2) is 41.6 Å². The highest BCUT2D eigenvalue weighted by Gasteiger charge is 2.11. The third-order valence-corrected chi connectivity index (χ3v) is 5.87. The summed E-state index contributed by atoms with van der Waals surface area (Å²) < 4.78 is 0. The molecular formula is C26H32ClN3O3. The number of carbonyl (C=O) groups is 2. The number of aryl methyl sites for hydroxylation is 1. The number of benzene rings is 3. The third-order valence-electron chi connectivity index (χ3n) is 5.87. The molecule has 0 aromatic heterocycles. The van der Waals surface area contributed by atoms with Crippen molar-refractivity contribution in [2.45, 2.75) is 33.2 Å². The fourth-order valence-corrected chi connectivity index (χ4v) is 3.94. The van der Waals surface area contributed by atoms with Crippen LogP contribution in [0.2, 0.25) is 0 Å². The van der Waals surface area contributed by atoms with Crippen molar-refractivity contribution in [2.24, 2.45) is 0 Å². The van der Waals surface area contributed by atoms with Crippen LogP contribution in [0.5, 0.6) is 0 Å². The molecule has 0 radical (unpaired) electrons. The van der Waals surface area contributed by atoms with Gasteiger partial charge in [-0.1, -0.05) is 50.2 Å². The molecule has 3 N–H and O–H groups in total. The van der Waals surface area contributed by atoms with Crippen molar-refractivity contribution < 1.29 is 14.8 Å². The topological polar surface area (TPSA) is 81.7 Å². The lowest BCUT2D eigenvalue weighted by atomic mass is 9.96. The Bertz CT molecular complexity index is 1070. The number of nitrogens with zero attached hydrogens (tertiary/aromatic N) is 1. The van der Waals surface area contributed by atoms with Gasteiger partial charge in [-0.15, -0.1) is 12.4 Å². The van der Waals surface area contributed by atoms with Gasteiger partial charge in [0.25, 0.3) is 11.8 Å². The first-order valence-electron chi connectivity index (χ1n) is 11.1. The quantitative estimate of drug-likeness (QED) is 0.300.